The predicted octanol–water partition coefficient (Wildman–Crippen LogP) is 1.01. The van der Waals surface area contributed by atoms with E-state index >= 15 is 0 Å². The molecule has 1 aromatic carbocycles. The van der Waals surface area contributed by atoms with Gasteiger partial charge in [0, 0.05) is 12.5 Å². The lowest BCUT2D eigenvalue weighted by atomic mass is 9.96. The van der Waals surface area contributed by atoms with Crippen molar-refractivity contribution in [2.75, 3.05) is 0 Å². The molecule has 0 saturated carbocycles. The summed E-state index contributed by atoms with van der Waals surface area (Å²) in [6, 6.07) is 2.33. The maximum atomic E-state index is 12.4. The molecule has 7 heteroatoms. The molecule has 1 aliphatic heterocycles. The predicted molar refractivity (Wildman–Crippen MR) is 89.4 cm³/mol. The molecule has 0 radical (unpaired) electrons. The van der Waals surface area contributed by atoms with Crippen LogP contribution in [0.15, 0.2) is 24.3 Å². The maximum Gasteiger partial charge on any atom is 0.342 e. The molecule has 4 atom stereocenters. The standard InChI is InChI=1S/C18H24O7/c1-10-3-2-4-14(21)15(22)6-5-12(19)7-11-8-13(20)9-16(23)17(11)18(24)25-10/h2,4,8-10,12,14-15,19-23H,3,5-7H2,1H3/t10-,12?,14+,15-/m0/s1. The Morgan fingerprint density at radius 3 is 2.56 bits per heavy atom. The van der Waals surface area contributed by atoms with Crippen LogP contribution in [0.25, 0.3) is 0 Å². The van der Waals surface area contributed by atoms with Crippen LogP contribution in [0.4, 0.5) is 0 Å². The number of benzene rings is 1. The van der Waals surface area contributed by atoms with Gasteiger partial charge in [0.15, 0.2) is 0 Å². The van der Waals surface area contributed by atoms with Crippen molar-refractivity contribution in [3.8, 4) is 11.5 Å². The van der Waals surface area contributed by atoms with E-state index in [2.05, 4.69) is 0 Å². The summed E-state index contributed by atoms with van der Waals surface area (Å²) in [7, 11) is 0. The first kappa shape index (κ1) is 19.2. The lowest BCUT2D eigenvalue weighted by Crippen LogP contribution is -2.26. The van der Waals surface area contributed by atoms with Crippen LogP contribution in [0.5, 0.6) is 11.5 Å². The maximum absolute atomic E-state index is 12.4. The zero-order valence-electron chi connectivity index (χ0n) is 14.0. The third-order valence-corrected chi connectivity index (χ3v) is 4.14. The van der Waals surface area contributed by atoms with E-state index in [1.54, 1.807) is 13.0 Å². The molecule has 0 saturated heterocycles. The number of aliphatic hydroxyl groups excluding tert-OH is 3. The molecule has 1 unspecified atom stereocenters. The van der Waals surface area contributed by atoms with Crippen molar-refractivity contribution in [3.05, 3.63) is 35.4 Å². The zero-order valence-corrected chi connectivity index (χ0v) is 14.0. The molecule has 1 heterocycles. The molecule has 1 aromatic rings. The van der Waals surface area contributed by atoms with Crippen LogP contribution in [0.3, 0.4) is 0 Å². The van der Waals surface area contributed by atoms with E-state index in [-0.39, 0.29) is 36.1 Å². The van der Waals surface area contributed by atoms with Gasteiger partial charge in [-0.05, 0) is 37.8 Å². The van der Waals surface area contributed by atoms with Crippen molar-refractivity contribution in [2.45, 2.75) is 57.0 Å². The number of hydrogen-bond donors (Lipinski definition) is 5. The minimum Gasteiger partial charge on any atom is -0.508 e. The van der Waals surface area contributed by atoms with Gasteiger partial charge in [-0.2, -0.15) is 0 Å². The van der Waals surface area contributed by atoms with Crippen molar-refractivity contribution in [1.82, 2.24) is 0 Å². The summed E-state index contributed by atoms with van der Waals surface area (Å²) in [5, 5.41) is 49.6. The van der Waals surface area contributed by atoms with Crippen molar-refractivity contribution in [1.29, 1.82) is 0 Å². The Morgan fingerprint density at radius 2 is 1.84 bits per heavy atom. The molecule has 5 N–H and O–H groups in total. The number of rotatable bonds is 0. The fraction of sp³-hybridized carbons (Fsp3) is 0.500. The van der Waals surface area contributed by atoms with E-state index in [1.165, 1.54) is 12.1 Å². The number of phenols is 2. The minimum atomic E-state index is -1.07. The first-order chi connectivity index (χ1) is 11.8. The topological polar surface area (TPSA) is 127 Å². The molecule has 25 heavy (non-hydrogen) atoms. The summed E-state index contributed by atoms with van der Waals surface area (Å²) in [6.45, 7) is 1.66. The zero-order chi connectivity index (χ0) is 18.6. The molecule has 0 aromatic heterocycles. The van der Waals surface area contributed by atoms with Crippen LogP contribution >= 0.6 is 0 Å². The number of esters is 1. The molecule has 0 bridgehead atoms. The van der Waals surface area contributed by atoms with Gasteiger partial charge in [-0.3, -0.25) is 0 Å². The molecule has 0 aliphatic carbocycles. The first-order valence-electron chi connectivity index (χ1n) is 8.24. The number of aliphatic hydroxyl groups is 3. The van der Waals surface area contributed by atoms with E-state index in [1.807, 2.05) is 0 Å². The number of ether oxygens (including phenoxy) is 1. The molecule has 7 nitrogen and oxygen atoms in total. The van der Waals surface area contributed by atoms with E-state index in [0.29, 0.717) is 6.42 Å². The SMILES string of the molecule is C[C@H]1CC=C[C@@H](O)[C@@H](O)CCC(O)Cc2cc(O)cc(O)c2C(=O)O1. The fourth-order valence-corrected chi connectivity index (χ4v) is 2.78. The van der Waals surface area contributed by atoms with Crippen molar-refractivity contribution < 1.29 is 35.1 Å². The highest BCUT2D eigenvalue weighted by molar-refractivity contribution is 5.94. The van der Waals surface area contributed by atoms with Gasteiger partial charge in [0.05, 0.1) is 18.3 Å². The van der Waals surface area contributed by atoms with Crippen LogP contribution in [-0.4, -0.2) is 55.9 Å². The average Bonchev–Trinajstić information content (AvgIpc) is 2.50. The molecule has 1 aliphatic rings. The molecule has 0 spiro atoms. The Hall–Kier alpha value is -2.09. The molecular weight excluding hydrogens is 328 g/mol. The molecule has 0 fully saturated rings. The van der Waals surface area contributed by atoms with Crippen molar-refractivity contribution >= 4 is 5.97 Å². The Kier molecular flexibility index (Phi) is 6.41. The molecular formula is C18H24O7. The fourth-order valence-electron chi connectivity index (χ4n) is 2.78. The molecule has 0 amide bonds. The first-order valence-corrected chi connectivity index (χ1v) is 8.24. The normalized spacial score (nSPS) is 28.7. The van der Waals surface area contributed by atoms with Gasteiger partial charge >= 0.3 is 5.97 Å². The number of cyclic esters (lactones) is 1. The van der Waals surface area contributed by atoms with E-state index < -0.39 is 36.1 Å². The van der Waals surface area contributed by atoms with Gasteiger partial charge in [-0.25, -0.2) is 4.79 Å². The molecule has 138 valence electrons. The Bertz CT molecular complexity index is 641. The van der Waals surface area contributed by atoms with Crippen LogP contribution in [-0.2, 0) is 11.2 Å². The average molecular weight is 352 g/mol. The highest BCUT2D eigenvalue weighted by Gasteiger charge is 2.24. The van der Waals surface area contributed by atoms with Crippen LogP contribution in [0.1, 0.15) is 42.1 Å². The Morgan fingerprint density at radius 1 is 1.12 bits per heavy atom. The number of fused-ring (bicyclic) bond motifs is 1. The number of carbonyl (C=O) groups excluding carboxylic acids is 1. The number of aromatic hydroxyl groups is 2. The summed E-state index contributed by atoms with van der Waals surface area (Å²) < 4.78 is 5.28. The summed E-state index contributed by atoms with van der Waals surface area (Å²) >= 11 is 0. The van der Waals surface area contributed by atoms with E-state index in [4.69, 9.17) is 4.74 Å². The van der Waals surface area contributed by atoms with Crippen LogP contribution in [0, 0.1) is 0 Å². The van der Waals surface area contributed by atoms with Gasteiger partial charge in [0.25, 0.3) is 0 Å². The minimum absolute atomic E-state index is 0.0145. The third kappa shape index (κ3) is 5.19. The van der Waals surface area contributed by atoms with Crippen molar-refractivity contribution in [2.24, 2.45) is 0 Å². The lowest BCUT2D eigenvalue weighted by molar-refractivity contribution is 0.0285. The second-order valence-corrected chi connectivity index (χ2v) is 6.37. The van der Waals surface area contributed by atoms with Gasteiger partial charge < -0.3 is 30.3 Å². The second-order valence-electron chi connectivity index (χ2n) is 6.37. The van der Waals surface area contributed by atoms with E-state index in [9.17, 15) is 30.3 Å². The highest BCUT2D eigenvalue weighted by Crippen LogP contribution is 2.30. The van der Waals surface area contributed by atoms with Crippen LogP contribution < -0.4 is 0 Å². The van der Waals surface area contributed by atoms with Gasteiger partial charge in [-0.1, -0.05) is 12.2 Å². The molecule has 2 rings (SSSR count). The Balaban J connectivity index is 2.35. The van der Waals surface area contributed by atoms with Gasteiger partial charge in [0.1, 0.15) is 23.2 Å². The van der Waals surface area contributed by atoms with E-state index in [0.717, 1.165) is 6.07 Å². The number of carbonyl (C=O) groups is 1. The second kappa shape index (κ2) is 8.33. The Labute approximate surface area is 145 Å². The number of phenolic OH excluding ortho intramolecular Hbond substituents is 2. The quantitative estimate of drug-likeness (QED) is 0.348. The number of hydrogen-bond acceptors (Lipinski definition) is 7. The van der Waals surface area contributed by atoms with Crippen molar-refractivity contribution in [3.63, 3.8) is 0 Å². The monoisotopic (exact) mass is 352 g/mol. The summed E-state index contributed by atoms with van der Waals surface area (Å²) in [5.41, 5.74) is 0.162. The van der Waals surface area contributed by atoms with Gasteiger partial charge in [0.2, 0.25) is 0 Å². The van der Waals surface area contributed by atoms with Gasteiger partial charge in [-0.15, -0.1) is 0 Å². The smallest absolute Gasteiger partial charge is 0.342 e. The van der Waals surface area contributed by atoms with Crippen LogP contribution in [0.2, 0.25) is 0 Å². The summed E-state index contributed by atoms with van der Waals surface area (Å²) in [4.78, 5) is 12.4. The third-order valence-electron chi connectivity index (χ3n) is 4.14. The lowest BCUT2D eigenvalue weighted by Gasteiger charge is -2.20. The largest absolute Gasteiger partial charge is 0.508 e. The summed E-state index contributed by atoms with van der Waals surface area (Å²) in [6.07, 6.45) is 0.122. The summed E-state index contributed by atoms with van der Waals surface area (Å²) in [5.74, 6) is -1.40. The highest BCUT2D eigenvalue weighted by atomic mass is 16.5.